The van der Waals surface area contributed by atoms with Crippen molar-refractivity contribution < 1.29 is 14.4 Å². The summed E-state index contributed by atoms with van der Waals surface area (Å²) in [5.41, 5.74) is 3.22. The van der Waals surface area contributed by atoms with Crippen molar-refractivity contribution in [2.75, 3.05) is 13.1 Å². The molecule has 0 aromatic heterocycles. The first-order valence-electron chi connectivity index (χ1n) is 10.2. The second-order valence-electron chi connectivity index (χ2n) is 8.82. The highest BCUT2D eigenvalue weighted by molar-refractivity contribution is 6.05. The first-order chi connectivity index (χ1) is 13.5. The van der Waals surface area contributed by atoms with E-state index in [1.165, 1.54) is 19.3 Å². The number of hydrogen-bond donors (Lipinski definition) is 3. The minimum atomic E-state index is -0.552. The highest BCUT2D eigenvalue weighted by Gasteiger charge is 2.44. The summed E-state index contributed by atoms with van der Waals surface area (Å²) in [6.07, 6.45) is 4.55. The summed E-state index contributed by atoms with van der Waals surface area (Å²) in [5.74, 6) is -0.736. The quantitative estimate of drug-likeness (QED) is 0.652. The Labute approximate surface area is 164 Å². The number of fused-ring (bicyclic) bond motifs is 3. The van der Waals surface area contributed by atoms with Gasteiger partial charge in [0.25, 0.3) is 5.91 Å². The average Bonchev–Trinajstić information content (AvgIpc) is 3.35. The standard InChI is InChI=1S/C21H26N4O3/c26-18-4-3-17(19(27)24-18)25-10-14-7-13(1-2-16(14)20(25)28)9-22-11-21-6-5-15(8-21)23-12-21/h1-2,7,15,17,22-23H,3-6,8-12H2,(H,24,26,27). The number of carbonyl (C=O) groups is 3. The number of imide groups is 1. The molecule has 3 unspecified atom stereocenters. The fourth-order valence-electron chi connectivity index (χ4n) is 5.34. The van der Waals surface area contributed by atoms with Gasteiger partial charge in [-0.15, -0.1) is 0 Å². The Kier molecular flexibility index (Phi) is 4.25. The van der Waals surface area contributed by atoms with E-state index in [0.717, 1.165) is 30.8 Å². The van der Waals surface area contributed by atoms with E-state index in [1.54, 1.807) is 4.90 Å². The molecular formula is C21H26N4O3. The highest BCUT2D eigenvalue weighted by Crippen LogP contribution is 2.42. The Morgan fingerprint density at radius 3 is 2.82 bits per heavy atom. The van der Waals surface area contributed by atoms with E-state index in [4.69, 9.17) is 0 Å². The molecule has 1 saturated carbocycles. The molecule has 1 aromatic carbocycles. The highest BCUT2D eigenvalue weighted by atomic mass is 16.2. The SMILES string of the molecule is O=C1CCC(N2Cc3cc(CNCC45CCC(C4)NC5)ccc3C2=O)C(=O)N1. The molecule has 7 nitrogen and oxygen atoms in total. The van der Waals surface area contributed by atoms with Crippen LogP contribution in [0.2, 0.25) is 0 Å². The lowest BCUT2D eigenvalue weighted by atomic mass is 9.87. The van der Waals surface area contributed by atoms with E-state index in [2.05, 4.69) is 22.0 Å². The maximum Gasteiger partial charge on any atom is 0.255 e. The van der Waals surface area contributed by atoms with Crippen molar-refractivity contribution in [1.82, 2.24) is 20.9 Å². The third-order valence-electron chi connectivity index (χ3n) is 6.89. The predicted molar refractivity (Wildman–Crippen MR) is 102 cm³/mol. The molecule has 0 radical (unpaired) electrons. The van der Waals surface area contributed by atoms with E-state index in [0.29, 0.717) is 30.0 Å². The summed E-state index contributed by atoms with van der Waals surface area (Å²) in [4.78, 5) is 37.9. The smallest absolute Gasteiger partial charge is 0.255 e. The molecule has 148 valence electrons. The molecular weight excluding hydrogens is 356 g/mol. The van der Waals surface area contributed by atoms with Gasteiger partial charge in [0.15, 0.2) is 0 Å². The zero-order valence-electron chi connectivity index (χ0n) is 15.9. The van der Waals surface area contributed by atoms with Crippen LogP contribution in [0.15, 0.2) is 18.2 Å². The summed E-state index contributed by atoms with van der Waals surface area (Å²) >= 11 is 0. The van der Waals surface area contributed by atoms with Crippen LogP contribution in [-0.4, -0.2) is 47.8 Å². The monoisotopic (exact) mass is 382 g/mol. The van der Waals surface area contributed by atoms with Crippen molar-refractivity contribution in [3.63, 3.8) is 0 Å². The van der Waals surface area contributed by atoms with Crippen molar-refractivity contribution >= 4 is 17.7 Å². The van der Waals surface area contributed by atoms with E-state index in [1.807, 2.05) is 12.1 Å². The van der Waals surface area contributed by atoms with E-state index in [-0.39, 0.29) is 24.1 Å². The summed E-state index contributed by atoms with van der Waals surface area (Å²) in [6.45, 7) is 3.36. The normalized spacial score (nSPS) is 31.4. The lowest BCUT2D eigenvalue weighted by Crippen LogP contribution is -2.52. The van der Waals surface area contributed by atoms with Gasteiger partial charge in [-0.3, -0.25) is 19.7 Å². The van der Waals surface area contributed by atoms with Crippen molar-refractivity contribution in [3.05, 3.63) is 34.9 Å². The predicted octanol–water partition coefficient (Wildman–Crippen LogP) is 0.679. The summed E-state index contributed by atoms with van der Waals surface area (Å²) in [5, 5.41) is 9.55. The van der Waals surface area contributed by atoms with Crippen molar-refractivity contribution in [3.8, 4) is 0 Å². The maximum atomic E-state index is 12.7. The van der Waals surface area contributed by atoms with Gasteiger partial charge in [0.2, 0.25) is 11.8 Å². The van der Waals surface area contributed by atoms with Crippen molar-refractivity contribution in [1.29, 1.82) is 0 Å². The topological polar surface area (TPSA) is 90.5 Å². The van der Waals surface area contributed by atoms with Gasteiger partial charge < -0.3 is 15.5 Å². The molecule has 3 heterocycles. The number of benzene rings is 1. The Hall–Kier alpha value is -2.25. The lowest BCUT2D eigenvalue weighted by molar-refractivity contribution is -0.136. The van der Waals surface area contributed by atoms with Crippen LogP contribution < -0.4 is 16.0 Å². The van der Waals surface area contributed by atoms with Crippen LogP contribution in [0.4, 0.5) is 0 Å². The third-order valence-corrected chi connectivity index (χ3v) is 6.89. The summed E-state index contributed by atoms with van der Waals surface area (Å²) in [7, 11) is 0. The van der Waals surface area contributed by atoms with E-state index in [9.17, 15) is 14.4 Å². The van der Waals surface area contributed by atoms with Crippen molar-refractivity contribution in [2.24, 2.45) is 5.41 Å². The molecule has 2 saturated heterocycles. The average molecular weight is 382 g/mol. The first kappa shape index (κ1) is 17.8. The van der Waals surface area contributed by atoms with Crippen LogP contribution in [0.1, 0.15) is 53.6 Å². The zero-order valence-corrected chi connectivity index (χ0v) is 15.9. The largest absolute Gasteiger partial charge is 0.322 e. The van der Waals surface area contributed by atoms with E-state index < -0.39 is 6.04 Å². The summed E-state index contributed by atoms with van der Waals surface area (Å²) < 4.78 is 0. The molecule has 3 fully saturated rings. The van der Waals surface area contributed by atoms with Crippen LogP contribution in [-0.2, 0) is 22.7 Å². The molecule has 1 aromatic rings. The van der Waals surface area contributed by atoms with E-state index >= 15 is 0 Å². The second-order valence-corrected chi connectivity index (χ2v) is 8.82. The Balaban J connectivity index is 1.23. The molecule has 3 aliphatic heterocycles. The first-order valence-corrected chi connectivity index (χ1v) is 10.2. The number of rotatable bonds is 5. The molecule has 4 aliphatic rings. The minimum Gasteiger partial charge on any atom is -0.322 e. The molecule has 7 heteroatoms. The van der Waals surface area contributed by atoms with Gasteiger partial charge in [0.05, 0.1) is 0 Å². The number of hydrogen-bond acceptors (Lipinski definition) is 5. The molecule has 3 N–H and O–H groups in total. The molecule has 2 bridgehead atoms. The van der Waals surface area contributed by atoms with Crippen LogP contribution >= 0.6 is 0 Å². The number of amides is 3. The van der Waals surface area contributed by atoms with Crippen LogP contribution in [0.5, 0.6) is 0 Å². The van der Waals surface area contributed by atoms with Crippen LogP contribution in [0.25, 0.3) is 0 Å². The maximum absolute atomic E-state index is 12.7. The Morgan fingerprint density at radius 1 is 1.21 bits per heavy atom. The van der Waals surface area contributed by atoms with Crippen LogP contribution in [0.3, 0.4) is 0 Å². The lowest BCUT2D eigenvalue weighted by Gasteiger charge is -2.29. The van der Waals surface area contributed by atoms with Gasteiger partial charge in [0.1, 0.15) is 6.04 Å². The van der Waals surface area contributed by atoms with Gasteiger partial charge >= 0.3 is 0 Å². The molecule has 0 spiro atoms. The van der Waals surface area contributed by atoms with Gasteiger partial charge in [-0.1, -0.05) is 12.1 Å². The van der Waals surface area contributed by atoms with Gasteiger partial charge in [0, 0.05) is 44.2 Å². The Bertz CT molecular complexity index is 844. The van der Waals surface area contributed by atoms with Crippen molar-refractivity contribution in [2.45, 2.75) is 57.3 Å². The molecule has 5 rings (SSSR count). The summed E-state index contributed by atoms with van der Waals surface area (Å²) in [6, 6.07) is 6.12. The van der Waals surface area contributed by atoms with Gasteiger partial charge in [-0.2, -0.15) is 0 Å². The van der Waals surface area contributed by atoms with Gasteiger partial charge in [-0.05, 0) is 48.3 Å². The molecule has 1 aliphatic carbocycles. The second kappa shape index (κ2) is 6.67. The van der Waals surface area contributed by atoms with Gasteiger partial charge in [-0.25, -0.2) is 0 Å². The number of carbonyl (C=O) groups excluding carboxylic acids is 3. The number of nitrogens with one attached hydrogen (secondary N) is 3. The minimum absolute atomic E-state index is 0.114. The third kappa shape index (κ3) is 3.02. The fraction of sp³-hybridized carbons (Fsp3) is 0.571. The zero-order chi connectivity index (χ0) is 19.3. The number of nitrogens with zero attached hydrogens (tertiary/aromatic N) is 1. The fourth-order valence-corrected chi connectivity index (χ4v) is 5.34. The number of piperidine rings is 2. The molecule has 28 heavy (non-hydrogen) atoms. The Morgan fingerprint density at radius 2 is 2.11 bits per heavy atom. The van der Waals surface area contributed by atoms with Crippen LogP contribution in [0, 0.1) is 5.41 Å². The molecule has 3 atom stereocenters. The molecule has 3 amide bonds.